The molecule has 1 fully saturated rings. The molecule has 0 aliphatic heterocycles. The summed E-state index contributed by atoms with van der Waals surface area (Å²) in [6.07, 6.45) is 8.94. The van der Waals surface area contributed by atoms with E-state index in [1.54, 1.807) is 7.11 Å². The van der Waals surface area contributed by atoms with Crippen molar-refractivity contribution < 1.29 is 4.74 Å². The number of nitrogens with one attached hydrogen (secondary N) is 1. The van der Waals surface area contributed by atoms with E-state index >= 15 is 0 Å². The minimum Gasteiger partial charge on any atom is -0.383 e. The Kier molecular flexibility index (Phi) is 5.15. The van der Waals surface area contributed by atoms with E-state index in [1.807, 2.05) is 12.4 Å². The summed E-state index contributed by atoms with van der Waals surface area (Å²) in [6, 6.07) is 2.18. The number of methoxy groups -OCH3 is 1. The van der Waals surface area contributed by atoms with Crippen LogP contribution in [0.1, 0.15) is 24.8 Å². The number of hydrogen-bond acceptors (Lipinski definition) is 3. The summed E-state index contributed by atoms with van der Waals surface area (Å²) >= 11 is 3.49. The van der Waals surface area contributed by atoms with Crippen LogP contribution in [0, 0.1) is 5.41 Å². The van der Waals surface area contributed by atoms with Gasteiger partial charge in [-0.05, 0) is 52.2 Å². The maximum Gasteiger partial charge on any atom is 0.0587 e. The van der Waals surface area contributed by atoms with Gasteiger partial charge in [0.2, 0.25) is 0 Å². The first-order valence-electron chi connectivity index (χ1n) is 6.53. The maximum absolute atomic E-state index is 5.06. The zero-order valence-corrected chi connectivity index (χ0v) is 12.5. The summed E-state index contributed by atoms with van der Waals surface area (Å²) in [5.41, 5.74) is 1.77. The molecular formula is C14H21BrN2O. The summed E-state index contributed by atoms with van der Waals surface area (Å²) < 4.78 is 6.13. The molecule has 0 saturated heterocycles. The molecule has 0 aromatic carbocycles. The minimum absolute atomic E-state index is 0.441. The first-order valence-corrected chi connectivity index (χ1v) is 7.32. The van der Waals surface area contributed by atoms with Crippen molar-refractivity contribution in [2.24, 2.45) is 5.41 Å². The average Bonchev–Trinajstić information content (AvgIpc) is 2.31. The Balaban J connectivity index is 1.88. The number of aromatic nitrogens is 1. The highest BCUT2D eigenvalue weighted by atomic mass is 79.9. The Hall–Kier alpha value is -0.450. The van der Waals surface area contributed by atoms with Gasteiger partial charge in [0, 0.05) is 37.1 Å². The van der Waals surface area contributed by atoms with Crippen LogP contribution >= 0.6 is 15.9 Å². The van der Waals surface area contributed by atoms with Gasteiger partial charge in [-0.3, -0.25) is 4.98 Å². The van der Waals surface area contributed by atoms with E-state index in [1.165, 1.54) is 24.8 Å². The summed E-state index contributed by atoms with van der Waals surface area (Å²) in [5, 5.41) is 3.51. The van der Waals surface area contributed by atoms with Gasteiger partial charge >= 0.3 is 0 Å². The van der Waals surface area contributed by atoms with Crippen molar-refractivity contribution in [3.63, 3.8) is 0 Å². The standard InChI is InChI=1S/C14H21BrN2O/c1-18-6-5-16-11-14(3-2-4-14)8-12-7-13(15)10-17-9-12/h7,9-10,16H,2-6,8,11H2,1H3. The fraction of sp³-hybridized carbons (Fsp3) is 0.643. The van der Waals surface area contributed by atoms with Crippen LogP contribution in [0.5, 0.6) is 0 Å². The average molecular weight is 313 g/mol. The summed E-state index contributed by atoms with van der Waals surface area (Å²) in [6.45, 7) is 2.81. The molecule has 1 heterocycles. The normalized spacial score (nSPS) is 17.4. The van der Waals surface area contributed by atoms with Gasteiger partial charge in [0.1, 0.15) is 0 Å². The predicted octanol–water partition coefficient (Wildman–Crippen LogP) is 2.79. The highest BCUT2D eigenvalue weighted by Crippen LogP contribution is 2.43. The van der Waals surface area contributed by atoms with Gasteiger partial charge in [-0.25, -0.2) is 0 Å². The smallest absolute Gasteiger partial charge is 0.0587 e. The molecule has 1 aliphatic carbocycles. The SMILES string of the molecule is COCCNCC1(Cc2cncc(Br)c2)CCC1. The fourth-order valence-corrected chi connectivity index (χ4v) is 3.02. The maximum atomic E-state index is 5.06. The number of rotatable bonds is 7. The molecule has 0 amide bonds. The van der Waals surface area contributed by atoms with Crippen molar-refractivity contribution in [3.05, 3.63) is 28.5 Å². The van der Waals surface area contributed by atoms with E-state index in [9.17, 15) is 0 Å². The Bertz CT molecular complexity index is 380. The van der Waals surface area contributed by atoms with Gasteiger partial charge in [-0.15, -0.1) is 0 Å². The number of nitrogens with zero attached hydrogens (tertiary/aromatic N) is 1. The van der Waals surface area contributed by atoms with Crippen LogP contribution in [-0.2, 0) is 11.2 Å². The Labute approximate surface area is 117 Å². The van der Waals surface area contributed by atoms with E-state index in [0.717, 1.165) is 30.6 Å². The lowest BCUT2D eigenvalue weighted by atomic mass is 9.65. The summed E-state index contributed by atoms with van der Waals surface area (Å²) in [7, 11) is 1.74. The van der Waals surface area contributed by atoms with E-state index in [4.69, 9.17) is 4.74 Å². The molecule has 0 bridgehead atoms. The van der Waals surface area contributed by atoms with Crippen LogP contribution < -0.4 is 5.32 Å². The lowest BCUT2D eigenvalue weighted by Crippen LogP contribution is -2.42. The Morgan fingerprint density at radius 3 is 2.89 bits per heavy atom. The van der Waals surface area contributed by atoms with Crippen LogP contribution in [0.4, 0.5) is 0 Å². The minimum atomic E-state index is 0.441. The van der Waals surface area contributed by atoms with Crippen molar-refractivity contribution in [1.82, 2.24) is 10.3 Å². The van der Waals surface area contributed by atoms with Crippen LogP contribution in [0.2, 0.25) is 0 Å². The van der Waals surface area contributed by atoms with Crippen LogP contribution in [0.15, 0.2) is 22.9 Å². The molecule has 2 rings (SSSR count). The van der Waals surface area contributed by atoms with E-state index in [0.29, 0.717) is 5.41 Å². The number of hydrogen-bond donors (Lipinski definition) is 1. The lowest BCUT2D eigenvalue weighted by Gasteiger charge is -2.42. The van der Waals surface area contributed by atoms with Gasteiger partial charge < -0.3 is 10.1 Å². The molecule has 100 valence electrons. The van der Waals surface area contributed by atoms with Crippen molar-refractivity contribution >= 4 is 15.9 Å². The fourth-order valence-electron chi connectivity index (χ4n) is 2.61. The third-order valence-electron chi connectivity index (χ3n) is 3.74. The van der Waals surface area contributed by atoms with Gasteiger partial charge in [-0.1, -0.05) is 6.42 Å². The van der Waals surface area contributed by atoms with Crippen molar-refractivity contribution in [2.75, 3.05) is 26.8 Å². The molecule has 0 spiro atoms. The Morgan fingerprint density at radius 2 is 2.28 bits per heavy atom. The second-order valence-electron chi connectivity index (χ2n) is 5.21. The van der Waals surface area contributed by atoms with Gasteiger partial charge in [0.25, 0.3) is 0 Å². The molecule has 4 heteroatoms. The molecular weight excluding hydrogens is 292 g/mol. The molecule has 1 saturated carbocycles. The molecule has 1 aromatic heterocycles. The molecule has 1 N–H and O–H groups in total. The molecule has 0 unspecified atom stereocenters. The molecule has 3 nitrogen and oxygen atoms in total. The summed E-state index contributed by atoms with van der Waals surface area (Å²) in [5.74, 6) is 0. The van der Waals surface area contributed by atoms with Gasteiger partial charge in [0.15, 0.2) is 0 Å². The summed E-state index contributed by atoms with van der Waals surface area (Å²) in [4.78, 5) is 4.25. The second kappa shape index (κ2) is 6.64. The largest absolute Gasteiger partial charge is 0.383 e. The van der Waals surface area contributed by atoms with Crippen LogP contribution in [-0.4, -0.2) is 31.8 Å². The quantitative estimate of drug-likeness (QED) is 0.786. The molecule has 1 aliphatic rings. The van der Waals surface area contributed by atoms with Crippen LogP contribution in [0.3, 0.4) is 0 Å². The number of halogens is 1. The zero-order valence-electron chi connectivity index (χ0n) is 10.9. The first-order chi connectivity index (χ1) is 8.74. The third-order valence-corrected chi connectivity index (χ3v) is 4.17. The number of ether oxygens (including phenoxy) is 1. The topological polar surface area (TPSA) is 34.1 Å². The zero-order chi connectivity index (χ0) is 12.8. The molecule has 0 radical (unpaired) electrons. The third kappa shape index (κ3) is 3.77. The van der Waals surface area contributed by atoms with E-state index in [2.05, 4.69) is 32.3 Å². The molecule has 1 aromatic rings. The molecule has 0 atom stereocenters. The predicted molar refractivity (Wildman–Crippen MR) is 76.7 cm³/mol. The highest BCUT2D eigenvalue weighted by Gasteiger charge is 2.36. The highest BCUT2D eigenvalue weighted by molar-refractivity contribution is 9.10. The number of pyridine rings is 1. The van der Waals surface area contributed by atoms with Crippen LogP contribution in [0.25, 0.3) is 0 Å². The van der Waals surface area contributed by atoms with E-state index in [-0.39, 0.29) is 0 Å². The monoisotopic (exact) mass is 312 g/mol. The lowest BCUT2D eigenvalue weighted by molar-refractivity contribution is 0.123. The van der Waals surface area contributed by atoms with Gasteiger partial charge in [0.05, 0.1) is 6.61 Å². The Morgan fingerprint density at radius 1 is 1.44 bits per heavy atom. The van der Waals surface area contributed by atoms with Crippen molar-refractivity contribution in [3.8, 4) is 0 Å². The van der Waals surface area contributed by atoms with Crippen molar-refractivity contribution in [1.29, 1.82) is 0 Å². The second-order valence-corrected chi connectivity index (χ2v) is 6.13. The van der Waals surface area contributed by atoms with E-state index < -0.39 is 0 Å². The first kappa shape index (κ1) is 14.0. The molecule has 18 heavy (non-hydrogen) atoms. The van der Waals surface area contributed by atoms with Crippen molar-refractivity contribution in [2.45, 2.75) is 25.7 Å². The van der Waals surface area contributed by atoms with Gasteiger partial charge in [-0.2, -0.15) is 0 Å².